The third-order valence-electron chi connectivity index (χ3n) is 3.80. The van der Waals surface area contributed by atoms with Crippen molar-refractivity contribution < 1.29 is 4.74 Å². The van der Waals surface area contributed by atoms with Crippen LogP contribution in [-0.4, -0.2) is 55.3 Å². The van der Waals surface area contributed by atoms with Gasteiger partial charge in [-0.15, -0.1) is 11.3 Å². The molecule has 0 spiro atoms. The van der Waals surface area contributed by atoms with Gasteiger partial charge in [-0.3, -0.25) is 4.90 Å². The molecule has 1 aromatic rings. The summed E-state index contributed by atoms with van der Waals surface area (Å²) >= 11 is 1.74. The number of anilines is 1. The SMILES string of the molecule is c1csc(N2CCN(C[C@@H]3CCCCO3)CC2)n1. The normalized spacial score (nSPS) is 26.4. The maximum atomic E-state index is 5.81. The predicted molar refractivity (Wildman–Crippen MR) is 74.4 cm³/mol. The van der Waals surface area contributed by atoms with Gasteiger partial charge in [-0.1, -0.05) is 0 Å². The second-order valence-corrected chi connectivity index (χ2v) is 5.96. The highest BCUT2D eigenvalue weighted by molar-refractivity contribution is 7.13. The lowest BCUT2D eigenvalue weighted by Crippen LogP contribution is -2.49. The Balaban J connectivity index is 1.45. The molecule has 1 aromatic heterocycles. The topological polar surface area (TPSA) is 28.6 Å². The van der Waals surface area contributed by atoms with Gasteiger partial charge in [0.25, 0.3) is 0 Å². The van der Waals surface area contributed by atoms with Crippen LogP contribution in [0.5, 0.6) is 0 Å². The van der Waals surface area contributed by atoms with Gasteiger partial charge in [-0.25, -0.2) is 4.98 Å². The van der Waals surface area contributed by atoms with Gasteiger partial charge in [0.05, 0.1) is 6.10 Å². The van der Waals surface area contributed by atoms with E-state index >= 15 is 0 Å². The molecular formula is C13H21N3OS. The van der Waals surface area contributed by atoms with Crippen molar-refractivity contribution in [1.82, 2.24) is 9.88 Å². The summed E-state index contributed by atoms with van der Waals surface area (Å²) < 4.78 is 5.81. The van der Waals surface area contributed by atoms with Crippen LogP contribution in [-0.2, 0) is 4.74 Å². The van der Waals surface area contributed by atoms with Gasteiger partial charge in [0.15, 0.2) is 5.13 Å². The van der Waals surface area contributed by atoms with Gasteiger partial charge >= 0.3 is 0 Å². The van der Waals surface area contributed by atoms with Crippen molar-refractivity contribution in [3.05, 3.63) is 11.6 Å². The molecule has 0 radical (unpaired) electrons. The Morgan fingerprint density at radius 3 is 2.83 bits per heavy atom. The van der Waals surface area contributed by atoms with Gasteiger partial charge in [-0.05, 0) is 19.3 Å². The molecule has 0 amide bonds. The van der Waals surface area contributed by atoms with Crippen molar-refractivity contribution in [2.45, 2.75) is 25.4 Å². The van der Waals surface area contributed by atoms with Crippen LogP contribution in [0.25, 0.3) is 0 Å². The van der Waals surface area contributed by atoms with Gasteiger partial charge in [0.2, 0.25) is 0 Å². The number of hydrogen-bond donors (Lipinski definition) is 0. The summed E-state index contributed by atoms with van der Waals surface area (Å²) in [6.07, 6.45) is 6.19. The predicted octanol–water partition coefficient (Wildman–Crippen LogP) is 1.83. The fourth-order valence-corrected chi connectivity index (χ4v) is 3.43. The van der Waals surface area contributed by atoms with E-state index in [1.165, 1.54) is 24.4 Å². The second-order valence-electron chi connectivity index (χ2n) is 5.09. The average Bonchev–Trinajstić information content (AvgIpc) is 2.95. The van der Waals surface area contributed by atoms with E-state index in [2.05, 4.69) is 20.2 Å². The van der Waals surface area contributed by atoms with Crippen LogP contribution in [0.1, 0.15) is 19.3 Å². The highest BCUT2D eigenvalue weighted by Gasteiger charge is 2.22. The van der Waals surface area contributed by atoms with Crippen molar-refractivity contribution in [3.63, 3.8) is 0 Å². The number of hydrogen-bond acceptors (Lipinski definition) is 5. The number of piperazine rings is 1. The maximum Gasteiger partial charge on any atom is 0.185 e. The van der Waals surface area contributed by atoms with Crippen LogP contribution in [0.3, 0.4) is 0 Å². The first-order valence-electron chi connectivity index (χ1n) is 6.90. The Kier molecular flexibility index (Phi) is 4.13. The number of nitrogens with zero attached hydrogens (tertiary/aromatic N) is 3. The summed E-state index contributed by atoms with van der Waals surface area (Å²) in [4.78, 5) is 9.32. The van der Waals surface area contributed by atoms with Gasteiger partial charge in [0, 0.05) is 50.9 Å². The minimum absolute atomic E-state index is 0.477. The molecule has 0 unspecified atom stereocenters. The minimum Gasteiger partial charge on any atom is -0.377 e. The molecule has 0 saturated carbocycles. The number of thiazole rings is 1. The zero-order valence-corrected chi connectivity index (χ0v) is 11.6. The van der Waals surface area contributed by atoms with Crippen LogP contribution in [0, 0.1) is 0 Å². The third kappa shape index (κ3) is 3.02. The van der Waals surface area contributed by atoms with Gasteiger partial charge in [0.1, 0.15) is 0 Å². The molecule has 5 heteroatoms. The largest absolute Gasteiger partial charge is 0.377 e. The highest BCUT2D eigenvalue weighted by atomic mass is 32.1. The summed E-state index contributed by atoms with van der Waals surface area (Å²) in [6, 6.07) is 0. The van der Waals surface area contributed by atoms with Crippen molar-refractivity contribution in [2.24, 2.45) is 0 Å². The molecule has 3 heterocycles. The van der Waals surface area contributed by atoms with Crippen LogP contribution in [0.2, 0.25) is 0 Å². The first-order chi connectivity index (χ1) is 8.92. The molecule has 4 nitrogen and oxygen atoms in total. The first kappa shape index (κ1) is 12.4. The summed E-state index contributed by atoms with van der Waals surface area (Å²) in [5, 5.41) is 3.22. The van der Waals surface area contributed by atoms with E-state index in [9.17, 15) is 0 Å². The number of aromatic nitrogens is 1. The first-order valence-corrected chi connectivity index (χ1v) is 7.78. The molecule has 2 aliphatic rings. The zero-order chi connectivity index (χ0) is 12.2. The van der Waals surface area contributed by atoms with Crippen LogP contribution < -0.4 is 4.90 Å². The molecule has 0 aliphatic carbocycles. The van der Waals surface area contributed by atoms with Crippen molar-refractivity contribution >= 4 is 16.5 Å². The summed E-state index contributed by atoms with van der Waals surface area (Å²) in [6.45, 7) is 6.55. The molecule has 0 aromatic carbocycles. The monoisotopic (exact) mass is 267 g/mol. The van der Waals surface area contributed by atoms with E-state index in [4.69, 9.17) is 4.74 Å². The molecule has 18 heavy (non-hydrogen) atoms. The van der Waals surface area contributed by atoms with E-state index in [1.54, 1.807) is 11.3 Å². The Morgan fingerprint density at radius 1 is 1.28 bits per heavy atom. The Morgan fingerprint density at radius 2 is 2.17 bits per heavy atom. The average molecular weight is 267 g/mol. The Hall–Kier alpha value is -0.650. The molecule has 3 rings (SSSR count). The molecule has 2 saturated heterocycles. The van der Waals surface area contributed by atoms with E-state index in [1.807, 2.05) is 6.20 Å². The molecule has 2 fully saturated rings. The summed E-state index contributed by atoms with van der Waals surface area (Å²) in [5.41, 5.74) is 0. The molecule has 2 aliphatic heterocycles. The quantitative estimate of drug-likeness (QED) is 0.835. The summed E-state index contributed by atoms with van der Waals surface area (Å²) in [7, 11) is 0. The van der Waals surface area contributed by atoms with Crippen molar-refractivity contribution in [2.75, 3.05) is 44.2 Å². The van der Waals surface area contributed by atoms with Crippen LogP contribution in [0.4, 0.5) is 5.13 Å². The van der Waals surface area contributed by atoms with E-state index in [-0.39, 0.29) is 0 Å². The molecular weight excluding hydrogens is 246 g/mol. The second kappa shape index (κ2) is 5.99. The van der Waals surface area contributed by atoms with E-state index in [0.717, 1.165) is 39.3 Å². The third-order valence-corrected chi connectivity index (χ3v) is 4.63. The minimum atomic E-state index is 0.477. The maximum absolute atomic E-state index is 5.81. The lowest BCUT2D eigenvalue weighted by molar-refractivity contribution is -0.00645. The van der Waals surface area contributed by atoms with Crippen molar-refractivity contribution in [3.8, 4) is 0 Å². The molecule has 0 bridgehead atoms. The zero-order valence-electron chi connectivity index (χ0n) is 10.8. The van der Waals surface area contributed by atoms with Gasteiger partial charge in [-0.2, -0.15) is 0 Å². The van der Waals surface area contributed by atoms with Gasteiger partial charge < -0.3 is 9.64 Å². The highest BCUT2D eigenvalue weighted by Crippen LogP contribution is 2.20. The fourth-order valence-electron chi connectivity index (χ4n) is 2.73. The van der Waals surface area contributed by atoms with Crippen molar-refractivity contribution in [1.29, 1.82) is 0 Å². The molecule has 100 valence electrons. The van der Waals surface area contributed by atoms with Crippen LogP contribution in [0.15, 0.2) is 11.6 Å². The Bertz CT molecular complexity index is 343. The smallest absolute Gasteiger partial charge is 0.185 e. The molecule has 0 N–H and O–H groups in total. The Labute approximate surface area is 113 Å². The number of ether oxygens (including phenoxy) is 1. The standard InChI is InChI=1S/C13H21N3OS/c1-2-9-17-12(3-1)11-15-5-7-16(8-6-15)13-14-4-10-18-13/h4,10,12H,1-3,5-9,11H2/t12-/m0/s1. The lowest BCUT2D eigenvalue weighted by atomic mass is 10.1. The van der Waals surface area contributed by atoms with E-state index < -0.39 is 0 Å². The number of rotatable bonds is 3. The molecule has 1 atom stereocenters. The fraction of sp³-hybridized carbons (Fsp3) is 0.769. The lowest BCUT2D eigenvalue weighted by Gasteiger charge is -2.37. The summed E-state index contributed by atoms with van der Waals surface area (Å²) in [5.74, 6) is 0. The van der Waals surface area contributed by atoms with E-state index in [0.29, 0.717) is 6.10 Å². The van der Waals surface area contributed by atoms with Crippen LogP contribution >= 0.6 is 11.3 Å².